The molecule has 18 heavy (non-hydrogen) atoms. The van der Waals surface area contributed by atoms with Gasteiger partial charge in [-0.3, -0.25) is 19.7 Å². The highest BCUT2D eigenvalue weighted by molar-refractivity contribution is 5.96. The summed E-state index contributed by atoms with van der Waals surface area (Å²) in [4.78, 5) is 24.6. The number of fused-ring (bicyclic) bond motifs is 1. The summed E-state index contributed by atoms with van der Waals surface area (Å²) in [5, 5.41) is 0. The van der Waals surface area contributed by atoms with Crippen LogP contribution < -0.4 is 4.90 Å². The maximum atomic E-state index is 12.0. The first-order chi connectivity index (χ1) is 8.74. The van der Waals surface area contributed by atoms with E-state index in [4.69, 9.17) is 0 Å². The molecule has 5 nitrogen and oxygen atoms in total. The van der Waals surface area contributed by atoms with Crippen molar-refractivity contribution in [2.75, 3.05) is 38.1 Å². The van der Waals surface area contributed by atoms with Gasteiger partial charge in [0.15, 0.2) is 0 Å². The number of carbonyl (C=O) groups excluding carboxylic acids is 1. The van der Waals surface area contributed by atoms with Crippen molar-refractivity contribution < 1.29 is 4.79 Å². The van der Waals surface area contributed by atoms with Crippen LogP contribution in [0.15, 0.2) is 17.3 Å². The molecule has 0 spiro atoms. The second-order valence-electron chi connectivity index (χ2n) is 4.80. The van der Waals surface area contributed by atoms with Crippen molar-refractivity contribution in [2.45, 2.75) is 6.42 Å². The van der Waals surface area contributed by atoms with Gasteiger partial charge >= 0.3 is 0 Å². The van der Waals surface area contributed by atoms with Crippen molar-refractivity contribution in [2.24, 2.45) is 4.99 Å². The Bertz CT molecular complexity index is 512. The van der Waals surface area contributed by atoms with E-state index in [1.54, 1.807) is 6.20 Å². The minimum Gasteiger partial charge on any atom is -0.308 e. The molecule has 2 aliphatic rings. The van der Waals surface area contributed by atoms with E-state index < -0.39 is 0 Å². The SMILES string of the molecule is CN1CCN(c2cnc3c(c2)C=NCC3)C(=O)C1. The van der Waals surface area contributed by atoms with E-state index in [1.165, 1.54) is 0 Å². The van der Waals surface area contributed by atoms with E-state index in [0.717, 1.165) is 43.0 Å². The van der Waals surface area contributed by atoms with Gasteiger partial charge in [0.2, 0.25) is 5.91 Å². The lowest BCUT2D eigenvalue weighted by molar-refractivity contribution is -0.120. The van der Waals surface area contributed by atoms with E-state index in [-0.39, 0.29) is 5.91 Å². The highest BCUT2D eigenvalue weighted by Gasteiger charge is 2.23. The number of pyridine rings is 1. The number of anilines is 1. The predicted molar refractivity (Wildman–Crippen MR) is 70.3 cm³/mol. The molecular formula is C13H16N4O. The number of aliphatic imine (C=N–C) groups is 1. The molecule has 1 amide bonds. The minimum absolute atomic E-state index is 0.137. The molecular weight excluding hydrogens is 228 g/mol. The number of rotatable bonds is 1. The molecule has 1 aromatic rings. The van der Waals surface area contributed by atoms with Gasteiger partial charge in [-0.25, -0.2) is 0 Å². The largest absolute Gasteiger partial charge is 0.308 e. The van der Waals surface area contributed by atoms with Crippen LogP contribution in [-0.4, -0.2) is 55.2 Å². The van der Waals surface area contributed by atoms with Crippen molar-refractivity contribution in [1.29, 1.82) is 0 Å². The summed E-state index contributed by atoms with van der Waals surface area (Å²) in [7, 11) is 1.97. The van der Waals surface area contributed by atoms with Crippen LogP contribution in [0.4, 0.5) is 5.69 Å². The van der Waals surface area contributed by atoms with Crippen molar-refractivity contribution in [3.8, 4) is 0 Å². The molecule has 5 heteroatoms. The number of carbonyl (C=O) groups is 1. The Morgan fingerprint density at radius 3 is 3.06 bits per heavy atom. The molecule has 0 bridgehead atoms. The van der Waals surface area contributed by atoms with Crippen LogP contribution in [-0.2, 0) is 11.2 Å². The Morgan fingerprint density at radius 1 is 1.33 bits per heavy atom. The summed E-state index contributed by atoms with van der Waals surface area (Å²) >= 11 is 0. The Kier molecular flexibility index (Phi) is 2.83. The van der Waals surface area contributed by atoms with Crippen LogP contribution in [0.3, 0.4) is 0 Å². The molecule has 1 saturated heterocycles. The smallest absolute Gasteiger partial charge is 0.241 e. The molecule has 94 valence electrons. The normalized spacial score (nSPS) is 20.1. The number of likely N-dealkylation sites (N-methyl/N-ethyl adjacent to an activating group) is 1. The maximum absolute atomic E-state index is 12.0. The molecule has 1 fully saturated rings. The van der Waals surface area contributed by atoms with E-state index in [9.17, 15) is 4.79 Å². The summed E-state index contributed by atoms with van der Waals surface area (Å²) in [5.74, 6) is 0.137. The second-order valence-corrected chi connectivity index (χ2v) is 4.80. The van der Waals surface area contributed by atoms with Crippen LogP contribution in [0.1, 0.15) is 11.3 Å². The zero-order chi connectivity index (χ0) is 12.5. The van der Waals surface area contributed by atoms with Crippen molar-refractivity contribution in [3.05, 3.63) is 23.5 Å². The molecule has 2 aliphatic heterocycles. The Labute approximate surface area is 106 Å². The molecule has 0 unspecified atom stereocenters. The molecule has 0 saturated carbocycles. The quantitative estimate of drug-likeness (QED) is 0.715. The number of nitrogens with zero attached hydrogens (tertiary/aromatic N) is 4. The zero-order valence-corrected chi connectivity index (χ0v) is 10.5. The van der Waals surface area contributed by atoms with Gasteiger partial charge in [0.1, 0.15) is 0 Å². The lowest BCUT2D eigenvalue weighted by Crippen LogP contribution is -2.49. The summed E-state index contributed by atoms with van der Waals surface area (Å²) in [5.41, 5.74) is 3.01. The van der Waals surface area contributed by atoms with E-state index in [1.807, 2.05) is 29.1 Å². The third kappa shape index (κ3) is 2.01. The maximum Gasteiger partial charge on any atom is 0.241 e. The van der Waals surface area contributed by atoms with E-state index in [2.05, 4.69) is 9.98 Å². The zero-order valence-electron chi connectivity index (χ0n) is 10.5. The van der Waals surface area contributed by atoms with E-state index >= 15 is 0 Å². The van der Waals surface area contributed by atoms with Crippen LogP contribution >= 0.6 is 0 Å². The molecule has 3 rings (SSSR count). The molecule has 0 aromatic carbocycles. The molecule has 0 aliphatic carbocycles. The fourth-order valence-electron chi connectivity index (χ4n) is 2.36. The van der Waals surface area contributed by atoms with Gasteiger partial charge < -0.3 is 4.90 Å². The number of piperazine rings is 1. The Hall–Kier alpha value is -1.75. The summed E-state index contributed by atoms with van der Waals surface area (Å²) in [6.07, 6.45) is 4.56. The second kappa shape index (κ2) is 4.49. The Balaban J connectivity index is 1.89. The van der Waals surface area contributed by atoms with Gasteiger partial charge in [-0.2, -0.15) is 0 Å². The van der Waals surface area contributed by atoms with E-state index in [0.29, 0.717) is 6.54 Å². The highest BCUT2D eigenvalue weighted by atomic mass is 16.2. The summed E-state index contributed by atoms with van der Waals surface area (Å²) in [6, 6.07) is 2.02. The van der Waals surface area contributed by atoms with Crippen molar-refractivity contribution >= 4 is 17.8 Å². The van der Waals surface area contributed by atoms with Crippen LogP contribution in [0.2, 0.25) is 0 Å². The fraction of sp³-hybridized carbons (Fsp3) is 0.462. The standard InChI is InChI=1S/C13H16N4O/c1-16-4-5-17(13(18)9-16)11-6-10-7-14-3-2-12(10)15-8-11/h6-8H,2-5,9H2,1H3. The summed E-state index contributed by atoms with van der Waals surface area (Å²) < 4.78 is 0. The predicted octanol–water partition coefficient (Wildman–Crippen LogP) is 0.335. The van der Waals surface area contributed by atoms with Gasteiger partial charge in [-0.15, -0.1) is 0 Å². The molecule has 0 radical (unpaired) electrons. The Morgan fingerprint density at radius 2 is 2.22 bits per heavy atom. The monoisotopic (exact) mass is 244 g/mol. The van der Waals surface area contributed by atoms with Crippen LogP contribution in [0, 0.1) is 0 Å². The average molecular weight is 244 g/mol. The number of hydrogen-bond donors (Lipinski definition) is 0. The first kappa shape index (κ1) is 11.3. The number of amides is 1. The fourth-order valence-corrected chi connectivity index (χ4v) is 2.36. The molecule has 0 atom stereocenters. The highest BCUT2D eigenvalue weighted by Crippen LogP contribution is 2.20. The van der Waals surface area contributed by atoms with Crippen molar-refractivity contribution in [1.82, 2.24) is 9.88 Å². The topological polar surface area (TPSA) is 48.8 Å². The van der Waals surface area contributed by atoms with Gasteiger partial charge in [0, 0.05) is 37.8 Å². The average Bonchev–Trinajstić information content (AvgIpc) is 2.38. The third-order valence-corrected chi connectivity index (χ3v) is 3.42. The van der Waals surface area contributed by atoms with Gasteiger partial charge in [-0.1, -0.05) is 0 Å². The van der Waals surface area contributed by atoms with Crippen LogP contribution in [0.5, 0.6) is 0 Å². The first-order valence-corrected chi connectivity index (χ1v) is 6.22. The lowest BCUT2D eigenvalue weighted by atomic mass is 10.1. The number of aromatic nitrogens is 1. The summed E-state index contributed by atoms with van der Waals surface area (Å²) in [6.45, 7) is 2.92. The van der Waals surface area contributed by atoms with Crippen molar-refractivity contribution in [3.63, 3.8) is 0 Å². The minimum atomic E-state index is 0.137. The molecule has 0 N–H and O–H groups in total. The van der Waals surface area contributed by atoms with Gasteiger partial charge in [0.25, 0.3) is 0 Å². The number of hydrogen-bond acceptors (Lipinski definition) is 4. The lowest BCUT2D eigenvalue weighted by Gasteiger charge is -2.32. The van der Waals surface area contributed by atoms with Crippen LogP contribution in [0.25, 0.3) is 0 Å². The molecule has 1 aromatic heterocycles. The first-order valence-electron chi connectivity index (χ1n) is 6.22. The van der Waals surface area contributed by atoms with Gasteiger partial charge in [0.05, 0.1) is 24.1 Å². The third-order valence-electron chi connectivity index (χ3n) is 3.42. The van der Waals surface area contributed by atoms with Gasteiger partial charge in [-0.05, 0) is 13.1 Å². The molecule has 3 heterocycles.